The Labute approximate surface area is 196 Å². The van der Waals surface area contributed by atoms with E-state index < -0.39 is 6.04 Å². The highest BCUT2D eigenvalue weighted by Crippen LogP contribution is 2.15. The van der Waals surface area contributed by atoms with Gasteiger partial charge in [0.15, 0.2) is 0 Å². The van der Waals surface area contributed by atoms with Crippen LogP contribution in [0, 0.1) is 0 Å². The number of piperidine rings is 1. The van der Waals surface area contributed by atoms with Gasteiger partial charge < -0.3 is 26.6 Å². The number of anilines is 2. The normalized spacial score (nSPS) is 15.0. The van der Waals surface area contributed by atoms with Crippen LogP contribution in [0.3, 0.4) is 0 Å². The number of nitrogens with two attached hydrogens (primary N) is 1. The minimum absolute atomic E-state index is 0. The van der Waals surface area contributed by atoms with Gasteiger partial charge in [-0.2, -0.15) is 0 Å². The fraction of sp³-hybridized carbons (Fsp3) is 0.364. The topological polar surface area (TPSA) is 99.5 Å². The monoisotopic (exact) mass is 467 g/mol. The molecule has 3 rings (SSSR count). The Kier molecular flexibility index (Phi) is 11.3. The second kappa shape index (κ2) is 13.2. The summed E-state index contributed by atoms with van der Waals surface area (Å²) in [6.07, 6.45) is 2.39. The van der Waals surface area contributed by atoms with Crippen molar-refractivity contribution in [3.63, 3.8) is 0 Å². The van der Waals surface area contributed by atoms with Gasteiger partial charge in [-0.25, -0.2) is 4.79 Å². The highest BCUT2D eigenvalue weighted by Gasteiger charge is 2.18. The number of likely N-dealkylation sites (tertiary alicyclic amines) is 1. The quantitative estimate of drug-likeness (QED) is 0.523. The molecule has 1 heterocycles. The number of rotatable bonds is 6. The number of nitrogens with zero attached hydrogens (tertiary/aromatic N) is 1. The van der Waals surface area contributed by atoms with Gasteiger partial charge >= 0.3 is 6.03 Å². The zero-order valence-corrected chi connectivity index (χ0v) is 19.2. The average Bonchev–Trinajstić information content (AvgIpc) is 2.72. The van der Waals surface area contributed by atoms with E-state index in [0.29, 0.717) is 17.8 Å². The predicted octanol–water partition coefficient (Wildman–Crippen LogP) is 3.25. The van der Waals surface area contributed by atoms with Crippen molar-refractivity contribution in [1.29, 1.82) is 0 Å². The van der Waals surface area contributed by atoms with E-state index in [-0.39, 0.29) is 42.8 Å². The van der Waals surface area contributed by atoms with Gasteiger partial charge in [-0.1, -0.05) is 30.3 Å². The molecule has 0 aromatic heterocycles. The van der Waals surface area contributed by atoms with Crippen molar-refractivity contribution in [1.82, 2.24) is 10.2 Å². The van der Waals surface area contributed by atoms with Crippen LogP contribution in [-0.2, 0) is 11.2 Å². The third-order valence-corrected chi connectivity index (χ3v) is 5.10. The van der Waals surface area contributed by atoms with E-state index in [2.05, 4.69) is 27.9 Å². The van der Waals surface area contributed by atoms with Crippen molar-refractivity contribution in [3.05, 3.63) is 60.2 Å². The first kappa shape index (κ1) is 26.7. The fourth-order valence-electron chi connectivity index (χ4n) is 3.34. The van der Waals surface area contributed by atoms with Crippen LogP contribution in [0.2, 0.25) is 0 Å². The Morgan fingerprint density at radius 3 is 2.10 bits per heavy atom. The van der Waals surface area contributed by atoms with Crippen LogP contribution >= 0.6 is 24.8 Å². The van der Waals surface area contributed by atoms with Gasteiger partial charge in [0, 0.05) is 17.4 Å². The number of hydrogen-bond acceptors (Lipinski definition) is 4. The van der Waals surface area contributed by atoms with E-state index in [0.717, 1.165) is 31.5 Å². The van der Waals surface area contributed by atoms with Crippen LogP contribution in [0.4, 0.5) is 16.2 Å². The molecule has 1 atom stereocenters. The number of halogens is 2. The maximum absolute atomic E-state index is 12.3. The molecule has 0 radical (unpaired) electrons. The summed E-state index contributed by atoms with van der Waals surface area (Å²) < 4.78 is 0. The van der Waals surface area contributed by atoms with Crippen LogP contribution in [0.25, 0.3) is 0 Å². The van der Waals surface area contributed by atoms with Crippen molar-refractivity contribution in [2.75, 3.05) is 30.8 Å². The van der Waals surface area contributed by atoms with Crippen LogP contribution in [0.5, 0.6) is 0 Å². The summed E-state index contributed by atoms with van der Waals surface area (Å²) in [5, 5.41) is 8.66. The molecule has 1 saturated heterocycles. The lowest BCUT2D eigenvalue weighted by Gasteiger charge is -2.29. The first-order valence-electron chi connectivity index (χ1n) is 9.96. The molecule has 2 aromatic carbocycles. The Morgan fingerprint density at radius 1 is 0.968 bits per heavy atom. The first-order valence-corrected chi connectivity index (χ1v) is 9.96. The Bertz CT molecular complexity index is 812. The minimum atomic E-state index is -0.629. The van der Waals surface area contributed by atoms with Crippen molar-refractivity contribution in [2.24, 2.45) is 5.73 Å². The lowest BCUT2D eigenvalue weighted by molar-refractivity contribution is -0.117. The summed E-state index contributed by atoms with van der Waals surface area (Å²) in [6, 6.07) is 16.1. The van der Waals surface area contributed by atoms with Crippen molar-refractivity contribution < 1.29 is 9.59 Å². The Morgan fingerprint density at radius 2 is 1.52 bits per heavy atom. The molecule has 5 N–H and O–H groups in total. The molecule has 3 amide bonds. The van der Waals surface area contributed by atoms with Crippen LogP contribution < -0.4 is 21.7 Å². The van der Waals surface area contributed by atoms with Gasteiger partial charge in [-0.15, -0.1) is 24.8 Å². The molecular weight excluding hydrogens is 437 g/mol. The number of carbonyl (C=O) groups is 2. The first-order chi connectivity index (χ1) is 14.0. The molecule has 170 valence electrons. The third kappa shape index (κ3) is 8.75. The van der Waals surface area contributed by atoms with Crippen molar-refractivity contribution >= 4 is 48.1 Å². The van der Waals surface area contributed by atoms with Crippen molar-refractivity contribution in [2.45, 2.75) is 31.3 Å². The molecule has 1 fully saturated rings. The molecule has 1 aliphatic heterocycles. The van der Waals surface area contributed by atoms with E-state index in [1.807, 2.05) is 30.3 Å². The third-order valence-electron chi connectivity index (χ3n) is 5.10. The SMILES string of the molecule is CN1CCC(NC(=O)Nc2ccc(NC(=O)C(N)Cc3ccccc3)cc2)CC1.Cl.Cl. The largest absolute Gasteiger partial charge is 0.335 e. The summed E-state index contributed by atoms with van der Waals surface area (Å²) in [7, 11) is 2.09. The van der Waals surface area contributed by atoms with Gasteiger partial charge in [0.25, 0.3) is 0 Å². The number of urea groups is 1. The van der Waals surface area contributed by atoms with E-state index in [4.69, 9.17) is 5.73 Å². The highest BCUT2D eigenvalue weighted by molar-refractivity contribution is 5.95. The van der Waals surface area contributed by atoms with Crippen LogP contribution in [0.15, 0.2) is 54.6 Å². The number of hydrogen-bond donors (Lipinski definition) is 4. The number of carbonyl (C=O) groups excluding carboxylic acids is 2. The van der Waals surface area contributed by atoms with Gasteiger partial charge in [0.1, 0.15) is 0 Å². The van der Waals surface area contributed by atoms with E-state index in [9.17, 15) is 9.59 Å². The summed E-state index contributed by atoms with van der Waals surface area (Å²) in [6.45, 7) is 1.98. The summed E-state index contributed by atoms with van der Waals surface area (Å²) >= 11 is 0. The summed E-state index contributed by atoms with van der Waals surface area (Å²) in [4.78, 5) is 26.7. The molecule has 1 aliphatic rings. The van der Waals surface area contributed by atoms with Gasteiger partial charge in [0.2, 0.25) is 5.91 Å². The summed E-state index contributed by atoms with van der Waals surface area (Å²) in [5.41, 5.74) is 8.34. The molecule has 0 spiro atoms. The van der Waals surface area contributed by atoms with Crippen molar-refractivity contribution in [3.8, 4) is 0 Å². The molecule has 0 saturated carbocycles. The maximum Gasteiger partial charge on any atom is 0.319 e. The second-order valence-electron chi connectivity index (χ2n) is 7.54. The van der Waals surface area contributed by atoms with Crippen LogP contribution in [-0.4, -0.2) is 49.1 Å². The van der Waals surface area contributed by atoms with Crippen LogP contribution in [0.1, 0.15) is 18.4 Å². The molecular formula is C22H31Cl2N5O2. The molecule has 31 heavy (non-hydrogen) atoms. The number of benzene rings is 2. The smallest absolute Gasteiger partial charge is 0.319 e. The zero-order chi connectivity index (χ0) is 20.6. The Balaban J connectivity index is 0.00000240. The Hall–Kier alpha value is -2.32. The van der Waals surface area contributed by atoms with E-state index >= 15 is 0 Å². The number of nitrogens with one attached hydrogen (secondary N) is 3. The maximum atomic E-state index is 12.3. The fourth-order valence-corrected chi connectivity index (χ4v) is 3.34. The van der Waals surface area contributed by atoms with Gasteiger partial charge in [0.05, 0.1) is 6.04 Å². The lowest BCUT2D eigenvalue weighted by atomic mass is 10.1. The molecule has 0 aliphatic carbocycles. The predicted molar refractivity (Wildman–Crippen MR) is 130 cm³/mol. The van der Waals surface area contributed by atoms with Gasteiger partial charge in [-0.3, -0.25) is 4.79 Å². The molecule has 1 unspecified atom stereocenters. The molecule has 9 heteroatoms. The average molecular weight is 468 g/mol. The minimum Gasteiger partial charge on any atom is -0.335 e. The standard InChI is InChI=1S/C22H29N5O2.2ClH/c1-27-13-11-19(12-14-27)26-22(29)25-18-9-7-17(8-10-18)24-21(28)20(23)15-16-5-3-2-4-6-16;;/h2-10,19-20H,11-15,23H2,1H3,(H,24,28)(H2,25,26,29);2*1H. The molecule has 0 bridgehead atoms. The molecule has 7 nitrogen and oxygen atoms in total. The van der Waals surface area contributed by atoms with Gasteiger partial charge in [-0.05, 0) is 69.2 Å². The highest BCUT2D eigenvalue weighted by atomic mass is 35.5. The second-order valence-corrected chi connectivity index (χ2v) is 7.54. The molecule has 2 aromatic rings. The summed E-state index contributed by atoms with van der Waals surface area (Å²) in [5.74, 6) is -0.241. The number of amides is 3. The zero-order valence-electron chi connectivity index (χ0n) is 17.5. The lowest BCUT2D eigenvalue weighted by Crippen LogP contribution is -2.44. The van der Waals surface area contributed by atoms with E-state index in [1.54, 1.807) is 24.3 Å². The van der Waals surface area contributed by atoms with E-state index in [1.165, 1.54) is 0 Å².